The summed E-state index contributed by atoms with van der Waals surface area (Å²) < 4.78 is 33.6. The molecule has 1 unspecified atom stereocenters. The molecule has 3 heterocycles. The highest BCUT2D eigenvalue weighted by atomic mass is 32.2. The summed E-state index contributed by atoms with van der Waals surface area (Å²) in [6, 6.07) is 7.64. The summed E-state index contributed by atoms with van der Waals surface area (Å²) in [7, 11) is -4.21. The van der Waals surface area contributed by atoms with E-state index in [1.165, 1.54) is 12.1 Å². The molecule has 2 aromatic heterocycles. The Kier molecular flexibility index (Phi) is 6.25. The maximum Gasteiger partial charge on any atom is 0.281 e. The molecular weight excluding hydrogens is 440 g/mol. The number of aromatic nitrogens is 2. The molecule has 2 aliphatic rings. The molecule has 9 heteroatoms. The minimum absolute atomic E-state index is 0.168. The average Bonchev–Trinajstić information content (AvgIpc) is 3.38. The second-order valence-electron chi connectivity index (χ2n) is 9.06. The Hall–Kier alpha value is -3.20. The van der Waals surface area contributed by atoms with Crippen molar-refractivity contribution in [3.05, 3.63) is 65.9 Å². The third kappa shape index (κ3) is 5.08. The Morgan fingerprint density at radius 1 is 1.27 bits per heavy atom. The fourth-order valence-electron chi connectivity index (χ4n) is 4.38. The Morgan fingerprint density at radius 2 is 2.09 bits per heavy atom. The number of carbonyl (C=O) groups is 1. The summed E-state index contributed by atoms with van der Waals surface area (Å²) in [6.45, 7) is 7.37. The normalized spacial score (nSPS) is 19.4. The first-order valence-corrected chi connectivity index (χ1v) is 12.4. The van der Waals surface area contributed by atoms with Gasteiger partial charge in [0.25, 0.3) is 15.9 Å². The molecule has 0 radical (unpaired) electrons. The molecule has 8 nitrogen and oxygen atoms in total. The zero-order valence-corrected chi connectivity index (χ0v) is 19.8. The molecule has 0 aromatic carbocycles. The van der Waals surface area contributed by atoms with Crippen molar-refractivity contribution in [1.29, 1.82) is 0 Å². The highest BCUT2D eigenvalue weighted by molar-refractivity contribution is 7.90. The number of allylic oxidation sites excluding steroid dienone is 2. The Labute approximate surface area is 194 Å². The van der Waals surface area contributed by atoms with Gasteiger partial charge in [-0.25, -0.2) is 9.71 Å². The van der Waals surface area contributed by atoms with Crippen molar-refractivity contribution in [2.75, 3.05) is 18.1 Å². The quantitative estimate of drug-likeness (QED) is 0.664. The minimum Gasteiger partial charge on any atom is -0.473 e. The maximum atomic E-state index is 13.1. The number of carbonyl (C=O) groups excluding carboxylic acids is 1. The lowest BCUT2D eigenvalue weighted by molar-refractivity contribution is 0.0981. The molecular formula is C24H28N4O4S. The first-order chi connectivity index (χ1) is 15.7. The van der Waals surface area contributed by atoms with Gasteiger partial charge >= 0.3 is 0 Å². The number of hydrogen-bond donors (Lipinski definition) is 1. The number of rotatable bonds is 7. The van der Waals surface area contributed by atoms with Gasteiger partial charge in [0.1, 0.15) is 12.4 Å². The molecule has 0 saturated carbocycles. The van der Waals surface area contributed by atoms with Crippen LogP contribution >= 0.6 is 0 Å². The van der Waals surface area contributed by atoms with E-state index in [9.17, 15) is 13.2 Å². The van der Waals surface area contributed by atoms with Gasteiger partial charge in [-0.1, -0.05) is 31.2 Å². The van der Waals surface area contributed by atoms with Crippen LogP contribution < -0.4 is 14.4 Å². The number of hydrogen-bond acceptors (Lipinski definition) is 7. The monoisotopic (exact) mass is 468 g/mol. The second-order valence-corrected chi connectivity index (χ2v) is 10.7. The molecule has 1 amide bonds. The van der Waals surface area contributed by atoms with Crippen molar-refractivity contribution in [3.8, 4) is 5.88 Å². The maximum absolute atomic E-state index is 13.1. The van der Waals surface area contributed by atoms with E-state index in [-0.39, 0.29) is 22.0 Å². The lowest BCUT2D eigenvalue weighted by atomic mass is 9.97. The number of amides is 1. The van der Waals surface area contributed by atoms with Gasteiger partial charge in [0.05, 0.1) is 5.56 Å². The zero-order valence-electron chi connectivity index (χ0n) is 19.0. The molecule has 4 rings (SSSR count). The van der Waals surface area contributed by atoms with Gasteiger partial charge in [0.2, 0.25) is 5.88 Å². The molecule has 0 bridgehead atoms. The molecule has 1 fully saturated rings. The van der Waals surface area contributed by atoms with Crippen LogP contribution in [0.5, 0.6) is 5.88 Å². The summed E-state index contributed by atoms with van der Waals surface area (Å²) in [5.41, 5.74) is 1.01. The Morgan fingerprint density at radius 3 is 2.79 bits per heavy atom. The predicted molar refractivity (Wildman–Crippen MR) is 126 cm³/mol. The van der Waals surface area contributed by atoms with Gasteiger partial charge in [0.15, 0.2) is 5.03 Å². The lowest BCUT2D eigenvalue weighted by Gasteiger charge is -2.33. The predicted octanol–water partition coefficient (Wildman–Crippen LogP) is 3.49. The molecule has 1 aliphatic carbocycles. The van der Waals surface area contributed by atoms with Gasteiger partial charge in [0, 0.05) is 24.3 Å². The Bertz CT molecular complexity index is 1220. The molecule has 1 saturated heterocycles. The molecule has 0 spiro atoms. The van der Waals surface area contributed by atoms with Crippen molar-refractivity contribution in [1.82, 2.24) is 14.7 Å². The number of pyridine rings is 2. The smallest absolute Gasteiger partial charge is 0.281 e. The number of sulfonamides is 1. The fraction of sp³-hybridized carbons (Fsp3) is 0.375. The van der Waals surface area contributed by atoms with Crippen LogP contribution in [0.4, 0.5) is 5.82 Å². The SMILES string of the molecule is CC1CN(c2ncccc2C(=O)NS(=O)(=O)c2cccc(OCC3=CCC=C3)n2)C(C)(C)C1. The lowest BCUT2D eigenvalue weighted by Crippen LogP contribution is -2.41. The van der Waals surface area contributed by atoms with E-state index in [1.807, 2.05) is 18.2 Å². The topological polar surface area (TPSA) is 101 Å². The summed E-state index contributed by atoms with van der Waals surface area (Å²) in [4.78, 5) is 23.6. The van der Waals surface area contributed by atoms with Crippen LogP contribution in [0.2, 0.25) is 0 Å². The first kappa shape index (κ1) is 23.0. The van der Waals surface area contributed by atoms with E-state index >= 15 is 0 Å². The standard InChI is InChI=1S/C24H28N4O4S/c1-17-14-24(2,3)28(15-17)22-19(10-7-13-25-22)23(29)27-33(30,31)21-12-6-11-20(26-21)32-16-18-8-4-5-9-18/h4,6-13,17H,5,14-16H2,1-3H3,(H,27,29). The van der Waals surface area contributed by atoms with Gasteiger partial charge < -0.3 is 9.64 Å². The van der Waals surface area contributed by atoms with Crippen molar-refractivity contribution < 1.29 is 17.9 Å². The van der Waals surface area contributed by atoms with Crippen LogP contribution in [0.3, 0.4) is 0 Å². The molecule has 1 N–H and O–H groups in total. The molecule has 174 valence electrons. The number of nitrogens with zero attached hydrogens (tertiary/aromatic N) is 3. The summed E-state index contributed by atoms with van der Waals surface area (Å²) >= 11 is 0. The third-order valence-electron chi connectivity index (χ3n) is 5.80. The van der Waals surface area contributed by atoms with E-state index in [4.69, 9.17) is 4.74 Å². The average molecular weight is 469 g/mol. The number of ether oxygens (including phenoxy) is 1. The van der Waals surface area contributed by atoms with Crippen LogP contribution in [0, 0.1) is 5.92 Å². The van der Waals surface area contributed by atoms with Crippen LogP contribution in [-0.2, 0) is 10.0 Å². The van der Waals surface area contributed by atoms with Gasteiger partial charge in [-0.05, 0) is 56.4 Å². The highest BCUT2D eigenvalue weighted by Gasteiger charge is 2.39. The van der Waals surface area contributed by atoms with Crippen LogP contribution in [-0.4, -0.2) is 43.0 Å². The van der Waals surface area contributed by atoms with Gasteiger partial charge in [-0.15, -0.1) is 0 Å². The van der Waals surface area contributed by atoms with E-state index in [2.05, 4.69) is 40.4 Å². The van der Waals surface area contributed by atoms with Gasteiger partial charge in [-0.3, -0.25) is 4.79 Å². The largest absolute Gasteiger partial charge is 0.473 e. The van der Waals surface area contributed by atoms with Gasteiger partial charge in [-0.2, -0.15) is 13.4 Å². The number of anilines is 1. The van der Waals surface area contributed by atoms with E-state index in [0.717, 1.165) is 25.0 Å². The van der Waals surface area contributed by atoms with E-state index < -0.39 is 15.9 Å². The van der Waals surface area contributed by atoms with Crippen LogP contribution in [0.15, 0.2) is 65.4 Å². The highest BCUT2D eigenvalue weighted by Crippen LogP contribution is 2.37. The van der Waals surface area contributed by atoms with Crippen molar-refractivity contribution >= 4 is 21.7 Å². The third-order valence-corrected chi connectivity index (χ3v) is 7.03. The van der Waals surface area contributed by atoms with E-state index in [0.29, 0.717) is 18.3 Å². The summed E-state index contributed by atoms with van der Waals surface area (Å²) in [5, 5.41) is -0.287. The van der Waals surface area contributed by atoms with E-state index in [1.54, 1.807) is 24.4 Å². The second kappa shape index (κ2) is 8.97. The Balaban J connectivity index is 1.53. The first-order valence-electron chi connectivity index (χ1n) is 10.9. The van der Waals surface area contributed by atoms with Crippen molar-refractivity contribution in [2.24, 2.45) is 5.92 Å². The molecule has 1 aliphatic heterocycles. The van der Waals surface area contributed by atoms with Crippen LogP contribution in [0.1, 0.15) is 44.0 Å². The van der Waals surface area contributed by atoms with Crippen LogP contribution in [0.25, 0.3) is 0 Å². The minimum atomic E-state index is -4.21. The molecule has 1 atom stereocenters. The molecule has 33 heavy (non-hydrogen) atoms. The summed E-state index contributed by atoms with van der Waals surface area (Å²) in [6.07, 6.45) is 9.41. The fourth-order valence-corrected chi connectivity index (χ4v) is 5.30. The molecule has 2 aromatic rings. The number of nitrogens with one attached hydrogen (secondary N) is 1. The summed E-state index contributed by atoms with van der Waals surface area (Å²) in [5.74, 6) is 0.329. The van der Waals surface area contributed by atoms with Crippen molar-refractivity contribution in [3.63, 3.8) is 0 Å². The van der Waals surface area contributed by atoms with Crippen molar-refractivity contribution in [2.45, 2.75) is 44.2 Å². The zero-order chi connectivity index (χ0) is 23.6.